The first-order valence-corrected chi connectivity index (χ1v) is 11.4. The van der Waals surface area contributed by atoms with Crippen LogP contribution in [0.4, 0.5) is 5.69 Å². The van der Waals surface area contributed by atoms with Crippen molar-refractivity contribution in [2.45, 2.75) is 69.7 Å². The Bertz CT molecular complexity index is 1070. The smallest absolute Gasteiger partial charge is 0.245 e. The number of carbonyl (C=O) groups is 1. The van der Waals surface area contributed by atoms with E-state index >= 15 is 0 Å². The SMILES string of the molecule is CCc1noc(C2CCCCN2S(=O)(=O)c2cc(C)c3c(c2)C(C)(C)C(=O)N3)n1. The number of hydrogen-bond acceptors (Lipinski definition) is 6. The molecule has 0 aliphatic carbocycles. The summed E-state index contributed by atoms with van der Waals surface area (Å²) in [6.07, 6.45) is 2.94. The summed E-state index contributed by atoms with van der Waals surface area (Å²) in [7, 11) is -3.80. The van der Waals surface area contributed by atoms with Gasteiger partial charge in [0.05, 0.1) is 10.3 Å². The molecule has 1 aromatic carbocycles. The van der Waals surface area contributed by atoms with E-state index in [-0.39, 0.29) is 10.8 Å². The van der Waals surface area contributed by atoms with Crippen molar-refractivity contribution in [3.8, 4) is 0 Å². The monoisotopic (exact) mass is 418 g/mol. The van der Waals surface area contributed by atoms with Crippen LogP contribution in [0.2, 0.25) is 0 Å². The van der Waals surface area contributed by atoms with Crippen molar-refractivity contribution >= 4 is 21.6 Å². The fourth-order valence-electron chi connectivity index (χ4n) is 4.08. The Hall–Kier alpha value is -2.26. The van der Waals surface area contributed by atoms with Gasteiger partial charge in [0.1, 0.15) is 6.04 Å². The molecule has 0 spiro atoms. The number of sulfonamides is 1. The van der Waals surface area contributed by atoms with Crippen LogP contribution >= 0.6 is 0 Å². The molecule has 2 aliphatic heterocycles. The van der Waals surface area contributed by atoms with Crippen molar-refractivity contribution in [3.05, 3.63) is 35.0 Å². The molecular weight excluding hydrogens is 392 g/mol. The van der Waals surface area contributed by atoms with Crippen LogP contribution in [0, 0.1) is 6.92 Å². The standard InChI is InChI=1S/C20H26N4O4S/c1-5-16-21-18(28-23-16)15-8-6-7-9-24(15)29(26,27)13-10-12(2)17-14(11-13)20(3,4)19(25)22-17/h10-11,15H,5-9H2,1-4H3,(H,22,25). The van der Waals surface area contributed by atoms with Crippen LogP contribution in [-0.4, -0.2) is 35.3 Å². The third kappa shape index (κ3) is 3.16. The molecule has 9 heteroatoms. The maximum absolute atomic E-state index is 13.6. The first kappa shape index (κ1) is 20.0. The van der Waals surface area contributed by atoms with E-state index in [0.29, 0.717) is 42.4 Å². The van der Waals surface area contributed by atoms with Crippen LogP contribution in [0.5, 0.6) is 0 Å². The number of aryl methyl sites for hydroxylation is 2. The zero-order valence-corrected chi connectivity index (χ0v) is 18.0. The highest BCUT2D eigenvalue weighted by molar-refractivity contribution is 7.89. The van der Waals surface area contributed by atoms with Gasteiger partial charge in [0, 0.05) is 18.7 Å². The number of benzene rings is 1. The molecule has 2 aliphatic rings. The van der Waals surface area contributed by atoms with Crippen LogP contribution in [-0.2, 0) is 26.7 Å². The molecule has 1 N–H and O–H groups in total. The molecule has 1 unspecified atom stereocenters. The van der Waals surface area contributed by atoms with Crippen molar-refractivity contribution in [2.75, 3.05) is 11.9 Å². The molecule has 8 nitrogen and oxygen atoms in total. The van der Waals surface area contributed by atoms with Crippen LogP contribution in [0.3, 0.4) is 0 Å². The molecular formula is C20H26N4O4S. The Morgan fingerprint density at radius 2 is 2.07 bits per heavy atom. The van der Waals surface area contributed by atoms with Gasteiger partial charge in [0.25, 0.3) is 0 Å². The lowest BCUT2D eigenvalue weighted by molar-refractivity contribution is -0.119. The normalized spacial score (nSPS) is 21.8. The molecule has 0 saturated carbocycles. The lowest BCUT2D eigenvalue weighted by atomic mass is 9.85. The van der Waals surface area contributed by atoms with Gasteiger partial charge in [-0.1, -0.05) is 18.5 Å². The fourth-order valence-corrected chi connectivity index (χ4v) is 5.84. The van der Waals surface area contributed by atoms with Gasteiger partial charge in [-0.2, -0.15) is 9.29 Å². The predicted molar refractivity (Wildman–Crippen MR) is 107 cm³/mol. The number of rotatable bonds is 4. The van der Waals surface area contributed by atoms with E-state index in [1.54, 1.807) is 26.0 Å². The second-order valence-corrected chi connectivity index (χ2v) is 10.2. The summed E-state index contributed by atoms with van der Waals surface area (Å²) in [5.41, 5.74) is 1.37. The Labute approximate surface area is 170 Å². The summed E-state index contributed by atoms with van der Waals surface area (Å²) < 4.78 is 34.1. The van der Waals surface area contributed by atoms with Gasteiger partial charge in [-0.15, -0.1) is 0 Å². The average Bonchev–Trinajstić information content (AvgIpc) is 3.26. The number of hydrogen-bond donors (Lipinski definition) is 1. The highest BCUT2D eigenvalue weighted by atomic mass is 32.2. The van der Waals surface area contributed by atoms with E-state index < -0.39 is 21.5 Å². The summed E-state index contributed by atoms with van der Waals surface area (Å²) in [4.78, 5) is 16.9. The number of fused-ring (bicyclic) bond motifs is 1. The number of amides is 1. The van der Waals surface area contributed by atoms with Crippen LogP contribution in [0.25, 0.3) is 0 Å². The topological polar surface area (TPSA) is 105 Å². The number of piperidine rings is 1. The molecule has 2 aromatic rings. The predicted octanol–water partition coefficient (Wildman–Crippen LogP) is 3.09. The molecule has 1 amide bonds. The molecule has 4 rings (SSSR count). The van der Waals surface area contributed by atoms with Crippen molar-refractivity contribution < 1.29 is 17.7 Å². The molecule has 29 heavy (non-hydrogen) atoms. The fraction of sp³-hybridized carbons (Fsp3) is 0.550. The molecule has 3 heterocycles. The third-order valence-electron chi connectivity index (χ3n) is 5.93. The third-order valence-corrected chi connectivity index (χ3v) is 7.82. The first-order chi connectivity index (χ1) is 13.7. The average molecular weight is 419 g/mol. The number of nitrogens with zero attached hydrogens (tertiary/aromatic N) is 3. The van der Waals surface area contributed by atoms with Gasteiger partial charge >= 0.3 is 0 Å². The van der Waals surface area contributed by atoms with E-state index in [1.807, 2.05) is 13.8 Å². The Morgan fingerprint density at radius 3 is 2.76 bits per heavy atom. The minimum atomic E-state index is -3.80. The number of aromatic nitrogens is 2. The van der Waals surface area contributed by atoms with Crippen molar-refractivity contribution in [2.24, 2.45) is 0 Å². The highest BCUT2D eigenvalue weighted by Crippen LogP contribution is 2.42. The van der Waals surface area contributed by atoms with E-state index in [4.69, 9.17) is 4.52 Å². The highest BCUT2D eigenvalue weighted by Gasteiger charge is 2.42. The first-order valence-electron chi connectivity index (χ1n) is 9.97. The lowest BCUT2D eigenvalue weighted by Crippen LogP contribution is -2.38. The summed E-state index contributed by atoms with van der Waals surface area (Å²) in [5.74, 6) is 0.793. The van der Waals surface area contributed by atoms with Crippen LogP contribution in [0.1, 0.15) is 68.9 Å². The summed E-state index contributed by atoms with van der Waals surface area (Å²) in [6, 6.07) is 2.79. The van der Waals surface area contributed by atoms with Gasteiger partial charge < -0.3 is 9.84 Å². The van der Waals surface area contributed by atoms with Gasteiger partial charge in [-0.25, -0.2) is 8.42 Å². The largest absolute Gasteiger partial charge is 0.338 e. The van der Waals surface area contributed by atoms with Gasteiger partial charge in [0.2, 0.25) is 21.8 Å². The second-order valence-electron chi connectivity index (χ2n) is 8.27. The van der Waals surface area contributed by atoms with Gasteiger partial charge in [-0.3, -0.25) is 4.79 Å². The summed E-state index contributed by atoms with van der Waals surface area (Å²) in [6.45, 7) is 7.75. The zero-order valence-electron chi connectivity index (χ0n) is 17.2. The maximum atomic E-state index is 13.6. The van der Waals surface area contributed by atoms with Crippen LogP contribution in [0.15, 0.2) is 21.6 Å². The van der Waals surface area contributed by atoms with Crippen molar-refractivity contribution in [1.29, 1.82) is 0 Å². The lowest BCUT2D eigenvalue weighted by Gasteiger charge is -2.32. The molecule has 1 atom stereocenters. The molecule has 0 radical (unpaired) electrons. The molecule has 1 fully saturated rings. The van der Waals surface area contributed by atoms with Crippen molar-refractivity contribution in [3.63, 3.8) is 0 Å². The van der Waals surface area contributed by atoms with Gasteiger partial charge in [-0.05, 0) is 56.9 Å². The summed E-state index contributed by atoms with van der Waals surface area (Å²) >= 11 is 0. The Morgan fingerprint density at radius 1 is 1.31 bits per heavy atom. The van der Waals surface area contributed by atoms with E-state index in [2.05, 4.69) is 15.5 Å². The van der Waals surface area contributed by atoms with E-state index in [1.165, 1.54) is 4.31 Å². The molecule has 0 bridgehead atoms. The second kappa shape index (κ2) is 6.91. The molecule has 1 aromatic heterocycles. The Kier molecular flexibility index (Phi) is 4.77. The number of nitrogens with one attached hydrogen (secondary N) is 1. The quantitative estimate of drug-likeness (QED) is 0.818. The minimum Gasteiger partial charge on any atom is -0.338 e. The molecule has 156 valence electrons. The van der Waals surface area contributed by atoms with Gasteiger partial charge in [0.15, 0.2) is 5.82 Å². The summed E-state index contributed by atoms with van der Waals surface area (Å²) in [5, 5.41) is 6.81. The van der Waals surface area contributed by atoms with Crippen LogP contribution < -0.4 is 5.32 Å². The number of anilines is 1. The maximum Gasteiger partial charge on any atom is 0.245 e. The van der Waals surface area contributed by atoms with E-state index in [9.17, 15) is 13.2 Å². The molecule has 1 saturated heterocycles. The Balaban J connectivity index is 1.77. The minimum absolute atomic E-state index is 0.126. The van der Waals surface area contributed by atoms with E-state index in [0.717, 1.165) is 18.4 Å². The number of carbonyl (C=O) groups excluding carboxylic acids is 1. The zero-order chi connectivity index (χ0) is 21.0. The van der Waals surface area contributed by atoms with Crippen molar-refractivity contribution in [1.82, 2.24) is 14.4 Å².